The quantitative estimate of drug-likeness (QED) is 0.857. The highest BCUT2D eigenvalue weighted by Gasteiger charge is 2.32. The van der Waals surface area contributed by atoms with Gasteiger partial charge in [0.2, 0.25) is 0 Å². The van der Waals surface area contributed by atoms with Crippen LogP contribution < -0.4 is 10.6 Å². The van der Waals surface area contributed by atoms with Gasteiger partial charge >= 0.3 is 0 Å². The molecule has 0 saturated carbocycles. The number of anilines is 2. The average molecular weight is 236 g/mol. The molecule has 4 heteroatoms. The zero-order chi connectivity index (χ0) is 12.8. The molecule has 96 valence electrons. The van der Waals surface area contributed by atoms with E-state index in [9.17, 15) is 0 Å². The Hall–Kier alpha value is -1.19. The number of aryl methyl sites for hydroxylation is 1. The molecule has 1 saturated heterocycles. The molecular formula is C13H24N4. The van der Waals surface area contributed by atoms with Gasteiger partial charge in [-0.3, -0.25) is 4.68 Å². The van der Waals surface area contributed by atoms with Gasteiger partial charge in [0.1, 0.15) is 5.82 Å². The summed E-state index contributed by atoms with van der Waals surface area (Å²) in [7, 11) is 1.99. The third kappa shape index (κ3) is 2.13. The Morgan fingerprint density at radius 3 is 2.41 bits per heavy atom. The summed E-state index contributed by atoms with van der Waals surface area (Å²) in [5, 5.41) is 4.55. The Morgan fingerprint density at radius 2 is 2.00 bits per heavy atom. The van der Waals surface area contributed by atoms with Crippen LogP contribution in [0.2, 0.25) is 0 Å². The fraction of sp³-hybridized carbons (Fsp3) is 0.769. The van der Waals surface area contributed by atoms with E-state index in [2.05, 4.69) is 37.7 Å². The molecule has 0 unspecified atom stereocenters. The number of hydrogen-bond donors (Lipinski definition) is 1. The summed E-state index contributed by atoms with van der Waals surface area (Å²) in [6.07, 6.45) is 1.22. The molecule has 0 amide bonds. The van der Waals surface area contributed by atoms with Crippen molar-refractivity contribution in [3.8, 4) is 0 Å². The molecule has 0 aliphatic carbocycles. The van der Waals surface area contributed by atoms with Crippen LogP contribution in [0.5, 0.6) is 0 Å². The number of nitrogens with two attached hydrogens (primary N) is 1. The summed E-state index contributed by atoms with van der Waals surface area (Å²) in [4.78, 5) is 2.37. The molecule has 1 aromatic heterocycles. The molecule has 1 aliphatic rings. The van der Waals surface area contributed by atoms with E-state index < -0.39 is 0 Å². The lowest BCUT2D eigenvalue weighted by Gasteiger charge is -2.22. The minimum absolute atomic E-state index is 0.380. The number of nitrogen functional groups attached to an aromatic ring is 1. The van der Waals surface area contributed by atoms with Crippen LogP contribution in [0.3, 0.4) is 0 Å². The molecule has 2 N–H and O–H groups in total. The highest BCUT2D eigenvalue weighted by Crippen LogP contribution is 2.37. The van der Waals surface area contributed by atoms with Crippen LogP contribution in [-0.2, 0) is 7.05 Å². The predicted molar refractivity (Wildman–Crippen MR) is 72.3 cm³/mol. The lowest BCUT2D eigenvalue weighted by Crippen LogP contribution is -2.25. The highest BCUT2D eigenvalue weighted by atomic mass is 15.4. The minimum atomic E-state index is 0.380. The zero-order valence-electron chi connectivity index (χ0n) is 11.6. The molecule has 2 rings (SSSR count). The van der Waals surface area contributed by atoms with Gasteiger partial charge in [-0.05, 0) is 17.8 Å². The summed E-state index contributed by atoms with van der Waals surface area (Å²) in [6, 6.07) is 0. The van der Waals surface area contributed by atoms with Crippen LogP contribution in [0.25, 0.3) is 0 Å². The Labute approximate surface area is 104 Å². The lowest BCUT2D eigenvalue weighted by atomic mass is 9.93. The van der Waals surface area contributed by atoms with Crippen molar-refractivity contribution in [3.63, 3.8) is 0 Å². The van der Waals surface area contributed by atoms with Crippen molar-refractivity contribution in [2.45, 2.75) is 40.0 Å². The van der Waals surface area contributed by atoms with E-state index in [1.807, 2.05) is 11.7 Å². The number of hydrogen-bond acceptors (Lipinski definition) is 3. The third-order valence-electron chi connectivity index (χ3n) is 3.60. The van der Waals surface area contributed by atoms with Crippen molar-refractivity contribution in [3.05, 3.63) is 5.69 Å². The Kier molecular flexibility index (Phi) is 2.84. The molecule has 17 heavy (non-hydrogen) atoms. The first-order chi connectivity index (χ1) is 7.82. The van der Waals surface area contributed by atoms with Gasteiger partial charge in [-0.1, -0.05) is 27.7 Å². The first-order valence-corrected chi connectivity index (χ1v) is 6.39. The monoisotopic (exact) mass is 236 g/mol. The molecule has 0 aromatic carbocycles. The second kappa shape index (κ2) is 3.93. The molecule has 0 radical (unpaired) electrons. The first kappa shape index (κ1) is 12.3. The molecule has 0 atom stereocenters. The van der Waals surface area contributed by atoms with Gasteiger partial charge in [0, 0.05) is 20.1 Å². The Morgan fingerprint density at radius 1 is 1.35 bits per heavy atom. The van der Waals surface area contributed by atoms with E-state index in [4.69, 9.17) is 5.73 Å². The molecule has 2 heterocycles. The van der Waals surface area contributed by atoms with Crippen molar-refractivity contribution in [2.24, 2.45) is 12.5 Å². The van der Waals surface area contributed by atoms with E-state index in [1.165, 1.54) is 6.42 Å². The van der Waals surface area contributed by atoms with Gasteiger partial charge in [0.15, 0.2) is 0 Å². The molecular weight excluding hydrogens is 212 g/mol. The Bertz CT molecular complexity index is 417. The van der Waals surface area contributed by atoms with Crippen LogP contribution in [0.4, 0.5) is 11.5 Å². The smallest absolute Gasteiger partial charge is 0.150 e. The van der Waals surface area contributed by atoms with Gasteiger partial charge in [-0.2, -0.15) is 5.10 Å². The predicted octanol–water partition coefficient (Wildman–Crippen LogP) is 2.36. The number of aromatic nitrogens is 2. The Balaban J connectivity index is 2.34. The lowest BCUT2D eigenvalue weighted by molar-refractivity contribution is 0.418. The third-order valence-corrected chi connectivity index (χ3v) is 3.60. The SMILES string of the molecule is CC(C)c1nn(C)c(N2CCC(C)(C)C2)c1N. The second-order valence-corrected chi connectivity index (χ2v) is 6.24. The van der Waals surface area contributed by atoms with Gasteiger partial charge in [0.05, 0.1) is 11.4 Å². The summed E-state index contributed by atoms with van der Waals surface area (Å²) in [5.41, 5.74) is 8.51. The summed E-state index contributed by atoms with van der Waals surface area (Å²) >= 11 is 0. The van der Waals surface area contributed by atoms with Crippen LogP contribution in [0, 0.1) is 5.41 Å². The van der Waals surface area contributed by atoms with Crippen LogP contribution in [0.1, 0.15) is 45.7 Å². The molecule has 1 aliphatic heterocycles. The topological polar surface area (TPSA) is 47.1 Å². The van der Waals surface area contributed by atoms with Gasteiger partial charge in [0.25, 0.3) is 0 Å². The highest BCUT2D eigenvalue weighted by molar-refractivity contribution is 5.67. The van der Waals surface area contributed by atoms with Crippen molar-refractivity contribution in [1.29, 1.82) is 0 Å². The fourth-order valence-corrected chi connectivity index (χ4v) is 2.65. The van der Waals surface area contributed by atoms with Crippen LogP contribution >= 0.6 is 0 Å². The normalized spacial score (nSPS) is 19.3. The molecule has 0 bridgehead atoms. The largest absolute Gasteiger partial charge is 0.394 e. The molecule has 1 fully saturated rings. The first-order valence-electron chi connectivity index (χ1n) is 6.39. The summed E-state index contributed by atoms with van der Waals surface area (Å²) in [6.45, 7) is 11.0. The molecule has 1 aromatic rings. The maximum atomic E-state index is 6.25. The van der Waals surface area contributed by atoms with Crippen molar-refractivity contribution in [1.82, 2.24) is 9.78 Å². The van der Waals surface area contributed by atoms with Gasteiger partial charge < -0.3 is 10.6 Å². The van der Waals surface area contributed by atoms with E-state index in [0.717, 1.165) is 30.3 Å². The summed E-state index contributed by atoms with van der Waals surface area (Å²) < 4.78 is 1.94. The molecule has 4 nitrogen and oxygen atoms in total. The van der Waals surface area contributed by atoms with Crippen LogP contribution in [-0.4, -0.2) is 22.9 Å². The fourth-order valence-electron chi connectivity index (χ4n) is 2.65. The average Bonchev–Trinajstić information content (AvgIpc) is 2.67. The van der Waals surface area contributed by atoms with E-state index >= 15 is 0 Å². The van der Waals surface area contributed by atoms with E-state index in [0.29, 0.717) is 11.3 Å². The standard InChI is InChI=1S/C13H24N4/c1-9(2)11-10(14)12(16(5)15-11)17-7-6-13(3,4)8-17/h9H,6-8,14H2,1-5H3. The van der Waals surface area contributed by atoms with Crippen molar-refractivity contribution < 1.29 is 0 Å². The minimum Gasteiger partial charge on any atom is -0.394 e. The maximum Gasteiger partial charge on any atom is 0.150 e. The molecule has 0 spiro atoms. The second-order valence-electron chi connectivity index (χ2n) is 6.24. The van der Waals surface area contributed by atoms with Crippen molar-refractivity contribution in [2.75, 3.05) is 23.7 Å². The summed E-state index contributed by atoms with van der Waals surface area (Å²) in [5.74, 6) is 1.48. The van der Waals surface area contributed by atoms with Gasteiger partial charge in [-0.15, -0.1) is 0 Å². The zero-order valence-corrected chi connectivity index (χ0v) is 11.6. The van der Waals surface area contributed by atoms with Crippen LogP contribution in [0.15, 0.2) is 0 Å². The number of rotatable bonds is 2. The van der Waals surface area contributed by atoms with E-state index in [-0.39, 0.29) is 0 Å². The maximum absolute atomic E-state index is 6.25. The van der Waals surface area contributed by atoms with E-state index in [1.54, 1.807) is 0 Å². The number of nitrogens with zero attached hydrogens (tertiary/aromatic N) is 3. The van der Waals surface area contributed by atoms with Crippen molar-refractivity contribution >= 4 is 11.5 Å². The van der Waals surface area contributed by atoms with Gasteiger partial charge in [-0.25, -0.2) is 0 Å².